The highest BCUT2D eigenvalue weighted by molar-refractivity contribution is 7.98. The summed E-state index contributed by atoms with van der Waals surface area (Å²) in [5, 5.41) is 12.4. The largest absolute Gasteiger partial charge is 0.497 e. The highest BCUT2D eigenvalue weighted by Crippen LogP contribution is 2.38. The monoisotopic (exact) mass is 344 g/mol. The molecule has 0 bridgehead atoms. The van der Waals surface area contributed by atoms with Crippen LogP contribution in [0, 0.1) is 0 Å². The zero-order valence-electron chi connectivity index (χ0n) is 12.7. The van der Waals surface area contributed by atoms with Gasteiger partial charge in [-0.1, -0.05) is 23.9 Å². The summed E-state index contributed by atoms with van der Waals surface area (Å²) in [6.45, 7) is 0. The fourth-order valence-electron chi connectivity index (χ4n) is 2.34. The third-order valence-electron chi connectivity index (χ3n) is 3.70. The van der Waals surface area contributed by atoms with Gasteiger partial charge in [0.15, 0.2) is 5.16 Å². The Morgan fingerprint density at radius 2 is 2.30 bits per heavy atom. The molecule has 0 N–H and O–H groups in total. The molecule has 2 heterocycles. The maximum Gasteiger partial charge on any atom is 0.191 e. The average Bonchev–Trinajstić information content (AvgIpc) is 3.14. The average molecular weight is 344 g/mol. The minimum absolute atomic E-state index is 0.607. The predicted molar refractivity (Wildman–Crippen MR) is 92.0 cm³/mol. The van der Waals surface area contributed by atoms with Gasteiger partial charge in [0.05, 0.1) is 12.8 Å². The molecule has 2 aromatic heterocycles. The second-order valence-corrected chi connectivity index (χ2v) is 7.22. The fourth-order valence-corrected chi connectivity index (χ4v) is 4.14. The van der Waals surface area contributed by atoms with Gasteiger partial charge in [0.2, 0.25) is 0 Å². The molecule has 0 spiro atoms. The van der Waals surface area contributed by atoms with Gasteiger partial charge in [-0.2, -0.15) is 0 Å². The van der Waals surface area contributed by atoms with E-state index in [4.69, 9.17) is 9.72 Å². The van der Waals surface area contributed by atoms with Gasteiger partial charge in [-0.3, -0.25) is 0 Å². The Labute approximate surface area is 142 Å². The lowest BCUT2D eigenvalue weighted by atomic mass is 10.2. The van der Waals surface area contributed by atoms with E-state index in [0.717, 1.165) is 32.9 Å². The van der Waals surface area contributed by atoms with Crippen LogP contribution < -0.4 is 4.74 Å². The van der Waals surface area contributed by atoms with Crippen LogP contribution >= 0.6 is 23.1 Å². The van der Waals surface area contributed by atoms with Crippen LogP contribution in [-0.2, 0) is 5.75 Å². The van der Waals surface area contributed by atoms with Crippen LogP contribution in [0.3, 0.4) is 0 Å². The van der Waals surface area contributed by atoms with Crippen molar-refractivity contribution in [2.75, 3.05) is 7.11 Å². The van der Waals surface area contributed by atoms with E-state index in [-0.39, 0.29) is 0 Å². The molecule has 0 unspecified atom stereocenters. The Hall–Kier alpha value is -1.86. The van der Waals surface area contributed by atoms with Crippen molar-refractivity contribution < 1.29 is 4.74 Å². The smallest absolute Gasteiger partial charge is 0.191 e. The standard InChI is InChI=1S/C16H16N4OS2/c1-21-14-4-2-3-11(7-14)15-18-12(8-22-15)9-23-16-19-17-10-20(16)13-5-6-13/h2-4,7-8,10,13H,5-6,9H2,1H3. The molecule has 0 aliphatic heterocycles. The second-order valence-electron chi connectivity index (χ2n) is 5.42. The SMILES string of the molecule is COc1cccc(-c2nc(CSc3nncn3C3CC3)cs2)c1. The summed E-state index contributed by atoms with van der Waals surface area (Å²) in [7, 11) is 1.68. The summed E-state index contributed by atoms with van der Waals surface area (Å²) in [6.07, 6.45) is 4.31. The zero-order valence-corrected chi connectivity index (χ0v) is 14.3. The molecule has 7 heteroatoms. The number of aromatic nitrogens is 4. The van der Waals surface area contributed by atoms with Gasteiger partial charge >= 0.3 is 0 Å². The summed E-state index contributed by atoms with van der Waals surface area (Å²) in [5.41, 5.74) is 2.16. The molecular formula is C16H16N4OS2. The van der Waals surface area contributed by atoms with Crippen molar-refractivity contribution in [1.82, 2.24) is 19.7 Å². The van der Waals surface area contributed by atoms with E-state index in [2.05, 4.69) is 26.2 Å². The van der Waals surface area contributed by atoms with Gasteiger partial charge in [0.1, 0.15) is 17.1 Å². The molecule has 4 rings (SSSR count). The first-order chi connectivity index (χ1) is 11.3. The Bertz CT molecular complexity index is 810. The quantitative estimate of drug-likeness (QED) is 0.632. The van der Waals surface area contributed by atoms with Crippen LogP contribution in [0.2, 0.25) is 0 Å². The van der Waals surface area contributed by atoms with E-state index in [9.17, 15) is 0 Å². The number of thioether (sulfide) groups is 1. The molecule has 5 nitrogen and oxygen atoms in total. The number of thiazole rings is 1. The molecule has 0 amide bonds. The predicted octanol–water partition coefficient (Wildman–Crippen LogP) is 4.04. The molecule has 23 heavy (non-hydrogen) atoms. The number of hydrogen-bond donors (Lipinski definition) is 0. The van der Waals surface area contributed by atoms with Gasteiger partial charge in [0.25, 0.3) is 0 Å². The van der Waals surface area contributed by atoms with Gasteiger partial charge in [-0.15, -0.1) is 21.5 Å². The van der Waals surface area contributed by atoms with Crippen LogP contribution in [-0.4, -0.2) is 26.9 Å². The van der Waals surface area contributed by atoms with E-state index in [1.54, 1.807) is 30.2 Å². The van der Waals surface area contributed by atoms with Gasteiger partial charge in [0, 0.05) is 22.7 Å². The maximum absolute atomic E-state index is 5.28. The lowest BCUT2D eigenvalue weighted by Crippen LogP contribution is -1.94. The highest BCUT2D eigenvalue weighted by Gasteiger charge is 2.26. The molecule has 1 saturated carbocycles. The topological polar surface area (TPSA) is 52.8 Å². The van der Waals surface area contributed by atoms with Crippen LogP contribution in [0.1, 0.15) is 24.6 Å². The van der Waals surface area contributed by atoms with E-state index in [1.165, 1.54) is 12.8 Å². The van der Waals surface area contributed by atoms with Crippen molar-refractivity contribution in [3.63, 3.8) is 0 Å². The van der Waals surface area contributed by atoms with Crippen LogP contribution in [0.4, 0.5) is 0 Å². The first-order valence-electron chi connectivity index (χ1n) is 7.44. The minimum atomic E-state index is 0.607. The third-order valence-corrected chi connectivity index (χ3v) is 5.63. The van der Waals surface area contributed by atoms with Crippen molar-refractivity contribution in [2.24, 2.45) is 0 Å². The molecule has 0 atom stereocenters. The number of nitrogens with zero attached hydrogens (tertiary/aromatic N) is 4. The molecule has 1 aromatic carbocycles. The maximum atomic E-state index is 5.28. The number of benzene rings is 1. The molecule has 1 fully saturated rings. The van der Waals surface area contributed by atoms with Crippen LogP contribution in [0.5, 0.6) is 5.75 Å². The van der Waals surface area contributed by atoms with Crippen molar-refractivity contribution in [1.29, 1.82) is 0 Å². The summed E-state index contributed by atoms with van der Waals surface area (Å²) in [5.74, 6) is 1.66. The number of ether oxygens (including phenoxy) is 1. The molecule has 3 aromatic rings. The van der Waals surface area contributed by atoms with E-state index < -0.39 is 0 Å². The minimum Gasteiger partial charge on any atom is -0.497 e. The summed E-state index contributed by atoms with van der Waals surface area (Å²) < 4.78 is 7.46. The Balaban J connectivity index is 1.46. The lowest BCUT2D eigenvalue weighted by Gasteiger charge is -2.02. The third kappa shape index (κ3) is 3.25. The number of rotatable bonds is 6. The Morgan fingerprint density at radius 3 is 3.13 bits per heavy atom. The second kappa shape index (κ2) is 6.33. The zero-order chi connectivity index (χ0) is 15.6. The first-order valence-corrected chi connectivity index (χ1v) is 9.31. The number of hydrogen-bond acceptors (Lipinski definition) is 6. The Morgan fingerprint density at radius 1 is 1.39 bits per heavy atom. The summed E-state index contributed by atoms with van der Waals surface area (Å²) in [6, 6.07) is 8.61. The van der Waals surface area contributed by atoms with Gasteiger partial charge in [-0.05, 0) is 25.0 Å². The normalized spacial score (nSPS) is 14.1. The van der Waals surface area contributed by atoms with Gasteiger partial charge < -0.3 is 9.30 Å². The van der Waals surface area contributed by atoms with Crippen molar-refractivity contribution in [3.05, 3.63) is 41.7 Å². The van der Waals surface area contributed by atoms with E-state index >= 15 is 0 Å². The number of methoxy groups -OCH3 is 1. The molecule has 0 saturated heterocycles. The van der Waals surface area contributed by atoms with Gasteiger partial charge in [-0.25, -0.2) is 4.98 Å². The lowest BCUT2D eigenvalue weighted by molar-refractivity contribution is 0.415. The highest BCUT2D eigenvalue weighted by atomic mass is 32.2. The molecule has 1 aliphatic carbocycles. The Kier molecular flexibility index (Phi) is 4.05. The molecule has 0 radical (unpaired) electrons. The van der Waals surface area contributed by atoms with Crippen molar-refractivity contribution >= 4 is 23.1 Å². The first kappa shape index (κ1) is 14.7. The van der Waals surface area contributed by atoms with Crippen LogP contribution in [0.15, 0.2) is 41.1 Å². The molecule has 118 valence electrons. The van der Waals surface area contributed by atoms with Crippen molar-refractivity contribution in [3.8, 4) is 16.3 Å². The molecular weight excluding hydrogens is 328 g/mol. The molecule has 1 aliphatic rings. The fraction of sp³-hybridized carbons (Fsp3) is 0.312. The van der Waals surface area contributed by atoms with E-state index in [0.29, 0.717) is 6.04 Å². The van der Waals surface area contributed by atoms with Crippen molar-refractivity contribution in [2.45, 2.75) is 29.8 Å². The summed E-state index contributed by atoms with van der Waals surface area (Å²) in [4.78, 5) is 4.73. The van der Waals surface area contributed by atoms with E-state index in [1.807, 2.05) is 24.5 Å². The summed E-state index contributed by atoms with van der Waals surface area (Å²) >= 11 is 3.36. The van der Waals surface area contributed by atoms with Crippen LogP contribution in [0.25, 0.3) is 10.6 Å².